The van der Waals surface area contributed by atoms with E-state index in [-0.39, 0.29) is 0 Å². The highest BCUT2D eigenvalue weighted by molar-refractivity contribution is 5.42. The second-order valence-electron chi connectivity index (χ2n) is 4.21. The van der Waals surface area contributed by atoms with Crippen LogP contribution < -0.4 is 10.6 Å². The van der Waals surface area contributed by atoms with Gasteiger partial charge < -0.3 is 15.4 Å². The largest absolute Gasteiger partial charge is 0.380 e. The molecule has 0 aromatic carbocycles. The Bertz CT molecular complexity index is 367. The summed E-state index contributed by atoms with van der Waals surface area (Å²) < 4.78 is 5.35. The lowest BCUT2D eigenvalue weighted by Crippen LogP contribution is -2.23. The number of nitrogens with two attached hydrogens (primary N) is 1. The summed E-state index contributed by atoms with van der Waals surface area (Å²) in [4.78, 5) is 6.85. The van der Waals surface area contributed by atoms with Gasteiger partial charge in [-0.2, -0.15) is 0 Å². The number of aryl methyl sites for hydroxylation is 1. The maximum Gasteiger partial charge on any atom is 0.128 e. The van der Waals surface area contributed by atoms with Crippen LogP contribution in [0.2, 0.25) is 0 Å². The van der Waals surface area contributed by atoms with E-state index >= 15 is 0 Å². The number of aromatic nitrogens is 1. The van der Waals surface area contributed by atoms with Gasteiger partial charge >= 0.3 is 0 Å². The van der Waals surface area contributed by atoms with Gasteiger partial charge in [-0.25, -0.2) is 4.98 Å². The van der Waals surface area contributed by atoms with E-state index in [1.54, 1.807) is 7.11 Å². The van der Waals surface area contributed by atoms with Crippen molar-refractivity contribution in [2.75, 3.05) is 25.1 Å². The lowest BCUT2D eigenvalue weighted by Gasteiger charge is -2.18. The van der Waals surface area contributed by atoms with E-state index in [2.05, 4.69) is 16.0 Å². The van der Waals surface area contributed by atoms with Crippen molar-refractivity contribution in [1.29, 1.82) is 0 Å². The minimum Gasteiger partial charge on any atom is -0.380 e. The molecule has 1 aromatic heterocycles. The van der Waals surface area contributed by atoms with Crippen LogP contribution in [0.25, 0.3) is 0 Å². The molecule has 0 spiro atoms. The van der Waals surface area contributed by atoms with Gasteiger partial charge in [0, 0.05) is 32.4 Å². The molecule has 1 unspecified atom stereocenters. The molecule has 0 radical (unpaired) electrons. The zero-order chi connectivity index (χ0) is 11.5. The average Bonchev–Trinajstić information content (AvgIpc) is 2.77. The molecule has 0 bridgehead atoms. The van der Waals surface area contributed by atoms with Gasteiger partial charge in [0.2, 0.25) is 0 Å². The molecule has 2 heterocycles. The third kappa shape index (κ3) is 2.18. The molecule has 1 fully saturated rings. The average molecular weight is 221 g/mol. The predicted octanol–water partition coefficient (Wildman–Crippen LogP) is 1.07. The van der Waals surface area contributed by atoms with Crippen molar-refractivity contribution < 1.29 is 4.74 Å². The fraction of sp³-hybridized carbons (Fsp3) is 0.583. The molecule has 2 rings (SSSR count). The molecule has 1 aliphatic rings. The van der Waals surface area contributed by atoms with Gasteiger partial charge in [0.05, 0.1) is 6.10 Å². The first-order valence-corrected chi connectivity index (χ1v) is 5.69. The number of nitrogens with zero attached hydrogens (tertiary/aromatic N) is 2. The Morgan fingerprint density at radius 1 is 1.56 bits per heavy atom. The first kappa shape index (κ1) is 11.4. The molecule has 1 atom stereocenters. The molecule has 1 saturated heterocycles. The van der Waals surface area contributed by atoms with Crippen molar-refractivity contribution >= 4 is 5.82 Å². The van der Waals surface area contributed by atoms with Gasteiger partial charge in [0.1, 0.15) is 5.82 Å². The first-order chi connectivity index (χ1) is 7.74. The van der Waals surface area contributed by atoms with Crippen molar-refractivity contribution in [2.45, 2.75) is 26.0 Å². The van der Waals surface area contributed by atoms with Crippen LogP contribution in [0, 0.1) is 6.92 Å². The number of pyridine rings is 1. The van der Waals surface area contributed by atoms with Crippen LogP contribution in [0.1, 0.15) is 17.7 Å². The summed E-state index contributed by atoms with van der Waals surface area (Å²) in [5.41, 5.74) is 7.77. The summed E-state index contributed by atoms with van der Waals surface area (Å²) in [6.45, 7) is 4.52. The van der Waals surface area contributed by atoms with Crippen LogP contribution in [-0.4, -0.2) is 31.3 Å². The van der Waals surface area contributed by atoms with Gasteiger partial charge in [-0.1, -0.05) is 6.07 Å². The SMILES string of the molecule is COC1CCN(c2ccc(CN)c(C)n2)C1. The molecule has 4 nitrogen and oxygen atoms in total. The number of ether oxygens (including phenoxy) is 1. The summed E-state index contributed by atoms with van der Waals surface area (Å²) in [6.07, 6.45) is 1.42. The van der Waals surface area contributed by atoms with E-state index in [1.807, 2.05) is 13.0 Å². The maximum atomic E-state index is 5.62. The third-order valence-electron chi connectivity index (χ3n) is 3.20. The van der Waals surface area contributed by atoms with Gasteiger partial charge in [-0.05, 0) is 25.0 Å². The Hall–Kier alpha value is -1.13. The summed E-state index contributed by atoms with van der Waals surface area (Å²) in [6, 6.07) is 4.12. The smallest absolute Gasteiger partial charge is 0.128 e. The zero-order valence-corrected chi connectivity index (χ0v) is 9.94. The molecule has 16 heavy (non-hydrogen) atoms. The number of rotatable bonds is 3. The van der Waals surface area contributed by atoms with Crippen LogP contribution in [0.5, 0.6) is 0 Å². The molecule has 0 aliphatic carbocycles. The maximum absolute atomic E-state index is 5.62. The number of methoxy groups -OCH3 is 1. The highest BCUT2D eigenvalue weighted by Gasteiger charge is 2.23. The molecule has 2 N–H and O–H groups in total. The fourth-order valence-corrected chi connectivity index (χ4v) is 2.10. The Morgan fingerprint density at radius 2 is 2.38 bits per heavy atom. The van der Waals surface area contributed by atoms with Gasteiger partial charge in [-0.3, -0.25) is 0 Å². The third-order valence-corrected chi connectivity index (χ3v) is 3.20. The fourth-order valence-electron chi connectivity index (χ4n) is 2.10. The van der Waals surface area contributed by atoms with Gasteiger partial charge in [0.15, 0.2) is 0 Å². The first-order valence-electron chi connectivity index (χ1n) is 5.69. The monoisotopic (exact) mass is 221 g/mol. The second-order valence-corrected chi connectivity index (χ2v) is 4.21. The Labute approximate surface area is 96.4 Å². The van der Waals surface area contributed by atoms with E-state index in [9.17, 15) is 0 Å². The topological polar surface area (TPSA) is 51.4 Å². The molecule has 1 aromatic rings. The molecular formula is C12H19N3O. The van der Waals surface area contributed by atoms with E-state index in [0.29, 0.717) is 12.6 Å². The molecule has 1 aliphatic heterocycles. The van der Waals surface area contributed by atoms with E-state index in [4.69, 9.17) is 10.5 Å². The van der Waals surface area contributed by atoms with E-state index < -0.39 is 0 Å². The minimum absolute atomic E-state index is 0.344. The van der Waals surface area contributed by atoms with Crippen molar-refractivity contribution in [3.63, 3.8) is 0 Å². The standard InChI is InChI=1S/C12H19N3O/c1-9-10(7-13)3-4-12(14-9)15-6-5-11(8-15)16-2/h3-4,11H,5-8,13H2,1-2H3. The Morgan fingerprint density at radius 3 is 2.94 bits per heavy atom. The van der Waals surface area contributed by atoms with Crippen molar-refractivity contribution in [1.82, 2.24) is 4.98 Å². The summed E-state index contributed by atoms with van der Waals surface area (Å²) >= 11 is 0. The molecule has 4 heteroatoms. The van der Waals surface area contributed by atoms with Crippen LogP contribution >= 0.6 is 0 Å². The molecule has 88 valence electrons. The van der Waals surface area contributed by atoms with Crippen molar-refractivity contribution in [3.8, 4) is 0 Å². The normalized spacial score (nSPS) is 20.4. The van der Waals surface area contributed by atoms with Crippen molar-refractivity contribution in [2.24, 2.45) is 5.73 Å². The summed E-state index contributed by atoms with van der Waals surface area (Å²) in [5, 5.41) is 0. The predicted molar refractivity (Wildman–Crippen MR) is 64.5 cm³/mol. The van der Waals surface area contributed by atoms with E-state index in [0.717, 1.165) is 36.6 Å². The van der Waals surface area contributed by atoms with Crippen LogP contribution in [0.3, 0.4) is 0 Å². The minimum atomic E-state index is 0.344. The highest BCUT2D eigenvalue weighted by Crippen LogP contribution is 2.20. The van der Waals surface area contributed by atoms with Gasteiger partial charge in [0.25, 0.3) is 0 Å². The highest BCUT2D eigenvalue weighted by atomic mass is 16.5. The van der Waals surface area contributed by atoms with Crippen LogP contribution in [-0.2, 0) is 11.3 Å². The summed E-state index contributed by atoms with van der Waals surface area (Å²) in [7, 11) is 1.77. The zero-order valence-electron chi connectivity index (χ0n) is 9.94. The number of hydrogen-bond acceptors (Lipinski definition) is 4. The van der Waals surface area contributed by atoms with Gasteiger partial charge in [-0.15, -0.1) is 0 Å². The lowest BCUT2D eigenvalue weighted by atomic mass is 10.2. The Kier molecular flexibility index (Phi) is 3.41. The quantitative estimate of drug-likeness (QED) is 0.829. The number of hydrogen-bond donors (Lipinski definition) is 1. The molecule has 0 saturated carbocycles. The van der Waals surface area contributed by atoms with Crippen LogP contribution in [0.15, 0.2) is 12.1 Å². The summed E-state index contributed by atoms with van der Waals surface area (Å²) in [5.74, 6) is 1.04. The van der Waals surface area contributed by atoms with Crippen molar-refractivity contribution in [3.05, 3.63) is 23.4 Å². The Balaban J connectivity index is 2.13. The second kappa shape index (κ2) is 4.80. The van der Waals surface area contributed by atoms with Crippen LogP contribution in [0.4, 0.5) is 5.82 Å². The lowest BCUT2D eigenvalue weighted by molar-refractivity contribution is 0.121. The van der Waals surface area contributed by atoms with E-state index in [1.165, 1.54) is 0 Å². The molecule has 0 amide bonds. The number of anilines is 1. The molecular weight excluding hydrogens is 202 g/mol.